The third kappa shape index (κ3) is 3.84. The second-order valence-corrected chi connectivity index (χ2v) is 7.35. The normalized spacial score (nSPS) is 16.4. The van der Waals surface area contributed by atoms with Crippen molar-refractivity contribution in [3.8, 4) is 11.3 Å². The van der Waals surface area contributed by atoms with Crippen molar-refractivity contribution in [1.82, 2.24) is 10.3 Å². The van der Waals surface area contributed by atoms with E-state index in [1.54, 1.807) is 11.3 Å². The zero-order chi connectivity index (χ0) is 13.6. The lowest BCUT2D eigenvalue weighted by Crippen LogP contribution is -2.25. The highest BCUT2D eigenvalue weighted by Gasteiger charge is 2.13. The highest BCUT2D eigenvalue weighted by Crippen LogP contribution is 2.23. The van der Waals surface area contributed by atoms with E-state index in [1.165, 1.54) is 34.9 Å². The monoisotopic (exact) mass is 304 g/mol. The van der Waals surface area contributed by atoms with Crippen molar-refractivity contribution >= 4 is 23.1 Å². The Morgan fingerprint density at radius 3 is 2.75 bits per heavy atom. The summed E-state index contributed by atoms with van der Waals surface area (Å²) in [5, 5.41) is 6.92. The molecule has 0 atom stereocenters. The summed E-state index contributed by atoms with van der Waals surface area (Å²) in [6.07, 6.45) is 2.73. The molecule has 1 fully saturated rings. The van der Waals surface area contributed by atoms with Gasteiger partial charge in [0.25, 0.3) is 0 Å². The molecular weight excluding hydrogens is 284 g/mol. The average Bonchev–Trinajstić information content (AvgIpc) is 2.98. The fourth-order valence-electron chi connectivity index (χ4n) is 2.47. The maximum absolute atomic E-state index is 4.72. The standard InChI is InChI=1S/C16H20N2S2/c1-2-4-14(5-3-1)15-12-20-16(18-15)11-17-10-13-6-8-19-9-7-13/h1-5,12-13,17H,6-11H2. The van der Waals surface area contributed by atoms with Crippen LogP contribution in [0.3, 0.4) is 0 Å². The van der Waals surface area contributed by atoms with Crippen molar-refractivity contribution < 1.29 is 0 Å². The minimum atomic E-state index is 0.866. The molecule has 2 aromatic rings. The maximum atomic E-state index is 4.72. The molecule has 0 saturated carbocycles. The molecule has 2 nitrogen and oxygen atoms in total. The lowest BCUT2D eigenvalue weighted by molar-refractivity contribution is 0.447. The number of thiazole rings is 1. The number of nitrogens with one attached hydrogen (secondary N) is 1. The Morgan fingerprint density at radius 1 is 1.15 bits per heavy atom. The summed E-state index contributed by atoms with van der Waals surface area (Å²) in [7, 11) is 0. The zero-order valence-electron chi connectivity index (χ0n) is 11.5. The number of rotatable bonds is 5. The van der Waals surface area contributed by atoms with Gasteiger partial charge in [0, 0.05) is 17.5 Å². The predicted octanol–water partition coefficient (Wildman–Crippen LogP) is 4.04. The summed E-state index contributed by atoms with van der Waals surface area (Å²) in [4.78, 5) is 4.72. The Balaban J connectivity index is 1.50. The van der Waals surface area contributed by atoms with E-state index < -0.39 is 0 Å². The zero-order valence-corrected chi connectivity index (χ0v) is 13.2. The van der Waals surface area contributed by atoms with Gasteiger partial charge in [0.2, 0.25) is 0 Å². The van der Waals surface area contributed by atoms with E-state index in [1.807, 2.05) is 6.07 Å². The summed E-state index contributed by atoms with van der Waals surface area (Å²) in [6.45, 7) is 2.04. The molecule has 0 bridgehead atoms. The van der Waals surface area contributed by atoms with Crippen LogP contribution in [0.2, 0.25) is 0 Å². The van der Waals surface area contributed by atoms with E-state index in [4.69, 9.17) is 4.98 Å². The first-order chi connectivity index (χ1) is 9.92. The van der Waals surface area contributed by atoms with E-state index in [0.29, 0.717) is 0 Å². The van der Waals surface area contributed by atoms with Crippen LogP contribution in [0.25, 0.3) is 11.3 Å². The lowest BCUT2D eigenvalue weighted by Gasteiger charge is -2.21. The molecule has 0 unspecified atom stereocenters. The summed E-state index contributed by atoms with van der Waals surface area (Å²) in [6, 6.07) is 10.4. The third-order valence-electron chi connectivity index (χ3n) is 3.67. The van der Waals surface area contributed by atoms with Gasteiger partial charge in [0.1, 0.15) is 5.01 Å². The van der Waals surface area contributed by atoms with Gasteiger partial charge >= 0.3 is 0 Å². The molecule has 106 valence electrons. The number of aromatic nitrogens is 1. The summed E-state index contributed by atoms with van der Waals surface area (Å²) >= 11 is 3.84. The highest BCUT2D eigenvalue weighted by molar-refractivity contribution is 7.99. The average molecular weight is 304 g/mol. The van der Waals surface area contributed by atoms with Crippen molar-refractivity contribution in [1.29, 1.82) is 0 Å². The van der Waals surface area contributed by atoms with Gasteiger partial charge in [0.15, 0.2) is 0 Å². The molecule has 1 aliphatic rings. The van der Waals surface area contributed by atoms with Crippen LogP contribution in [0.15, 0.2) is 35.7 Å². The second-order valence-electron chi connectivity index (χ2n) is 5.18. The van der Waals surface area contributed by atoms with E-state index in [2.05, 4.69) is 46.7 Å². The van der Waals surface area contributed by atoms with Crippen LogP contribution in [0.1, 0.15) is 17.8 Å². The lowest BCUT2D eigenvalue weighted by atomic mass is 10.0. The number of hydrogen-bond donors (Lipinski definition) is 1. The van der Waals surface area contributed by atoms with Crippen LogP contribution in [-0.2, 0) is 6.54 Å². The van der Waals surface area contributed by atoms with Crippen molar-refractivity contribution in [2.45, 2.75) is 19.4 Å². The second kappa shape index (κ2) is 7.25. The predicted molar refractivity (Wildman–Crippen MR) is 89.3 cm³/mol. The smallest absolute Gasteiger partial charge is 0.107 e. The summed E-state index contributed by atoms with van der Waals surface area (Å²) in [5.74, 6) is 3.54. The molecule has 1 aromatic carbocycles. The van der Waals surface area contributed by atoms with Gasteiger partial charge < -0.3 is 5.32 Å². The Labute approximate surface area is 129 Å². The fourth-order valence-corrected chi connectivity index (χ4v) is 4.44. The molecule has 1 aliphatic heterocycles. The van der Waals surface area contributed by atoms with Gasteiger partial charge in [0.05, 0.1) is 5.69 Å². The molecule has 2 heterocycles. The SMILES string of the molecule is c1ccc(-c2csc(CNCC3CCSCC3)n2)cc1. The first-order valence-corrected chi connectivity index (χ1v) is 9.23. The number of hydrogen-bond acceptors (Lipinski definition) is 4. The van der Waals surface area contributed by atoms with E-state index in [-0.39, 0.29) is 0 Å². The minimum Gasteiger partial charge on any atom is -0.310 e. The molecule has 0 radical (unpaired) electrons. The fraction of sp³-hybridized carbons (Fsp3) is 0.438. The molecule has 0 spiro atoms. The van der Waals surface area contributed by atoms with Gasteiger partial charge in [-0.1, -0.05) is 30.3 Å². The van der Waals surface area contributed by atoms with E-state index >= 15 is 0 Å². The molecule has 3 rings (SSSR count). The van der Waals surface area contributed by atoms with Gasteiger partial charge in [-0.15, -0.1) is 11.3 Å². The third-order valence-corrected chi connectivity index (χ3v) is 5.57. The number of benzene rings is 1. The Morgan fingerprint density at radius 2 is 1.95 bits per heavy atom. The summed E-state index contributed by atoms with van der Waals surface area (Å²) in [5.41, 5.74) is 2.31. The molecule has 1 N–H and O–H groups in total. The molecule has 0 amide bonds. The molecule has 0 aliphatic carbocycles. The number of nitrogens with zero attached hydrogens (tertiary/aromatic N) is 1. The van der Waals surface area contributed by atoms with Crippen LogP contribution in [-0.4, -0.2) is 23.0 Å². The van der Waals surface area contributed by atoms with Crippen molar-refractivity contribution in [3.05, 3.63) is 40.7 Å². The van der Waals surface area contributed by atoms with Crippen LogP contribution in [0.4, 0.5) is 0 Å². The molecular formula is C16H20N2S2. The highest BCUT2D eigenvalue weighted by atomic mass is 32.2. The molecule has 4 heteroatoms. The summed E-state index contributed by atoms with van der Waals surface area (Å²) < 4.78 is 0. The molecule has 1 saturated heterocycles. The van der Waals surface area contributed by atoms with Crippen molar-refractivity contribution in [2.75, 3.05) is 18.1 Å². The van der Waals surface area contributed by atoms with Crippen LogP contribution in [0.5, 0.6) is 0 Å². The van der Waals surface area contributed by atoms with Crippen molar-refractivity contribution in [2.24, 2.45) is 5.92 Å². The Hall–Kier alpha value is -0.840. The first kappa shape index (κ1) is 14.1. The quantitative estimate of drug-likeness (QED) is 0.902. The van der Waals surface area contributed by atoms with E-state index in [9.17, 15) is 0 Å². The minimum absolute atomic E-state index is 0.866. The first-order valence-electron chi connectivity index (χ1n) is 7.20. The Bertz CT molecular complexity index is 518. The van der Waals surface area contributed by atoms with E-state index in [0.717, 1.165) is 24.7 Å². The number of thioether (sulfide) groups is 1. The largest absolute Gasteiger partial charge is 0.310 e. The van der Waals surface area contributed by atoms with Gasteiger partial charge in [-0.2, -0.15) is 11.8 Å². The topological polar surface area (TPSA) is 24.9 Å². The molecule has 20 heavy (non-hydrogen) atoms. The maximum Gasteiger partial charge on any atom is 0.107 e. The van der Waals surface area contributed by atoms with Gasteiger partial charge in [-0.05, 0) is 36.8 Å². The van der Waals surface area contributed by atoms with Crippen LogP contribution in [0, 0.1) is 5.92 Å². The van der Waals surface area contributed by atoms with Gasteiger partial charge in [-0.25, -0.2) is 4.98 Å². The molecule has 1 aromatic heterocycles. The van der Waals surface area contributed by atoms with Crippen LogP contribution >= 0.6 is 23.1 Å². The van der Waals surface area contributed by atoms with Crippen LogP contribution < -0.4 is 5.32 Å². The van der Waals surface area contributed by atoms with Crippen molar-refractivity contribution in [3.63, 3.8) is 0 Å². The van der Waals surface area contributed by atoms with Gasteiger partial charge in [-0.3, -0.25) is 0 Å². The Kier molecular flexibility index (Phi) is 5.12.